The maximum atomic E-state index is 7.53. The van der Waals surface area contributed by atoms with Crippen molar-refractivity contribution in [1.29, 1.82) is 0 Å². The molecule has 0 aliphatic heterocycles. The first-order valence-electron chi connectivity index (χ1n) is 5.39. The monoisotopic (exact) mass is 239 g/mol. The third kappa shape index (κ3) is 2.73. The zero-order chi connectivity index (χ0) is 12.8. The average molecular weight is 239 g/mol. The molecule has 6 heteroatoms. The highest BCUT2D eigenvalue weighted by Gasteiger charge is 2.00. The Hall–Kier alpha value is -1.75. The molecule has 18 heavy (non-hydrogen) atoms. The van der Waals surface area contributed by atoms with Crippen LogP contribution in [0.3, 0.4) is 0 Å². The molecule has 4 nitrogen and oxygen atoms in total. The lowest BCUT2D eigenvalue weighted by molar-refractivity contribution is 0.408. The summed E-state index contributed by atoms with van der Waals surface area (Å²) in [5.41, 5.74) is 2.42. The fourth-order valence-corrected chi connectivity index (χ4v) is 1.83. The summed E-state index contributed by atoms with van der Waals surface area (Å²) in [6.07, 6.45) is 0. The summed E-state index contributed by atoms with van der Waals surface area (Å²) in [5.74, 6) is 0. The van der Waals surface area contributed by atoms with E-state index in [4.69, 9.17) is 10.0 Å². The SMILES string of the molecule is O[B]O[B]O.c1ccc2c(c1)[nH]c1ccccc12. The molecule has 3 N–H and O–H groups in total. The first-order valence-corrected chi connectivity index (χ1v) is 5.39. The minimum Gasteiger partial charge on any atom is -0.456 e. The van der Waals surface area contributed by atoms with Gasteiger partial charge in [0.15, 0.2) is 0 Å². The van der Waals surface area contributed by atoms with E-state index in [1.54, 1.807) is 0 Å². The second kappa shape index (κ2) is 6.26. The summed E-state index contributed by atoms with van der Waals surface area (Å²) in [5, 5.41) is 17.7. The van der Waals surface area contributed by atoms with Crippen molar-refractivity contribution in [2.45, 2.75) is 0 Å². The van der Waals surface area contributed by atoms with Gasteiger partial charge in [-0.1, -0.05) is 36.4 Å². The molecule has 1 aromatic heterocycles. The molecule has 0 spiro atoms. The van der Waals surface area contributed by atoms with E-state index in [1.807, 2.05) is 0 Å². The molecule has 2 aromatic carbocycles. The average Bonchev–Trinajstić information content (AvgIpc) is 2.79. The van der Waals surface area contributed by atoms with Crippen LogP contribution >= 0.6 is 0 Å². The van der Waals surface area contributed by atoms with E-state index in [0.717, 1.165) is 0 Å². The minimum absolute atomic E-state index is 0.375. The van der Waals surface area contributed by atoms with Crippen LogP contribution in [-0.4, -0.2) is 30.4 Å². The summed E-state index contributed by atoms with van der Waals surface area (Å²) < 4.78 is 3.69. The zero-order valence-electron chi connectivity index (χ0n) is 9.58. The Morgan fingerprint density at radius 1 is 0.778 bits per heavy atom. The standard InChI is InChI=1S/C12H9N.B2H2O3/c1-3-7-11-9(5-1)10-6-2-4-8-12(10)13-11;3-1-5-2-4/h1-8,13H;3-4H. The third-order valence-corrected chi connectivity index (χ3v) is 2.54. The van der Waals surface area contributed by atoms with E-state index in [2.05, 4.69) is 58.1 Å². The minimum atomic E-state index is 0.375. The number of para-hydroxylation sites is 2. The first-order chi connectivity index (χ1) is 8.86. The molecule has 0 amide bonds. The van der Waals surface area contributed by atoms with Crippen LogP contribution in [0.1, 0.15) is 0 Å². The number of aromatic nitrogens is 1. The predicted molar refractivity (Wildman–Crippen MR) is 72.8 cm³/mol. The molecule has 0 atom stereocenters. The van der Waals surface area contributed by atoms with Gasteiger partial charge in [-0.05, 0) is 12.1 Å². The van der Waals surface area contributed by atoms with Gasteiger partial charge in [-0.2, -0.15) is 0 Å². The lowest BCUT2D eigenvalue weighted by Gasteiger charge is -1.87. The Kier molecular flexibility index (Phi) is 4.41. The Balaban J connectivity index is 0.000000209. The fraction of sp³-hybridized carbons (Fsp3) is 0. The van der Waals surface area contributed by atoms with Gasteiger partial charge in [0.05, 0.1) is 0 Å². The number of rotatable bonds is 2. The fourth-order valence-electron chi connectivity index (χ4n) is 1.83. The molecule has 3 aromatic rings. The molecule has 0 fully saturated rings. The van der Waals surface area contributed by atoms with Gasteiger partial charge in [0.1, 0.15) is 0 Å². The number of nitrogens with one attached hydrogen (secondary N) is 1. The van der Waals surface area contributed by atoms with Crippen molar-refractivity contribution >= 4 is 37.2 Å². The van der Waals surface area contributed by atoms with Crippen LogP contribution in [0.15, 0.2) is 48.5 Å². The largest absolute Gasteiger partial charge is 0.469 e. The zero-order valence-corrected chi connectivity index (χ0v) is 9.58. The number of hydrogen-bond acceptors (Lipinski definition) is 3. The number of H-pyrrole nitrogens is 1. The Morgan fingerprint density at radius 3 is 1.61 bits per heavy atom. The van der Waals surface area contributed by atoms with E-state index >= 15 is 0 Å². The molecule has 0 saturated heterocycles. The lowest BCUT2D eigenvalue weighted by Crippen LogP contribution is -2.00. The van der Waals surface area contributed by atoms with Crippen LogP contribution < -0.4 is 0 Å². The molecular formula is C12H11B2NO3. The Labute approximate surface area is 106 Å². The van der Waals surface area contributed by atoms with Crippen molar-refractivity contribution in [3.63, 3.8) is 0 Å². The molecule has 88 valence electrons. The van der Waals surface area contributed by atoms with Crippen molar-refractivity contribution in [2.24, 2.45) is 0 Å². The van der Waals surface area contributed by atoms with Crippen LogP contribution in [0, 0.1) is 0 Å². The third-order valence-electron chi connectivity index (χ3n) is 2.54. The summed E-state index contributed by atoms with van der Waals surface area (Å²) in [4.78, 5) is 3.38. The summed E-state index contributed by atoms with van der Waals surface area (Å²) in [6, 6.07) is 16.8. The molecule has 1 heterocycles. The first kappa shape index (κ1) is 12.7. The highest BCUT2D eigenvalue weighted by Crippen LogP contribution is 2.24. The van der Waals surface area contributed by atoms with E-state index < -0.39 is 0 Å². The number of hydrogen-bond donors (Lipinski definition) is 3. The quantitative estimate of drug-likeness (QED) is 0.591. The summed E-state index contributed by atoms with van der Waals surface area (Å²) in [6.45, 7) is 0. The molecule has 0 aliphatic carbocycles. The van der Waals surface area contributed by atoms with Crippen LogP contribution in [0.25, 0.3) is 21.8 Å². The molecule has 0 bridgehead atoms. The maximum absolute atomic E-state index is 7.53. The molecule has 0 saturated carbocycles. The Morgan fingerprint density at radius 2 is 1.22 bits per heavy atom. The van der Waals surface area contributed by atoms with E-state index in [1.165, 1.54) is 21.8 Å². The van der Waals surface area contributed by atoms with Gasteiger partial charge in [0, 0.05) is 21.8 Å². The maximum Gasteiger partial charge on any atom is 0.469 e. The van der Waals surface area contributed by atoms with Crippen LogP contribution in [0.4, 0.5) is 0 Å². The van der Waals surface area contributed by atoms with Gasteiger partial charge < -0.3 is 19.6 Å². The lowest BCUT2D eigenvalue weighted by atomic mass is 10.2. The van der Waals surface area contributed by atoms with Gasteiger partial charge >= 0.3 is 15.4 Å². The smallest absolute Gasteiger partial charge is 0.456 e. The van der Waals surface area contributed by atoms with Crippen LogP contribution in [-0.2, 0) is 4.57 Å². The predicted octanol–water partition coefficient (Wildman–Crippen LogP) is 1.38. The number of benzene rings is 2. The molecule has 0 aliphatic rings. The van der Waals surface area contributed by atoms with Crippen LogP contribution in [0.5, 0.6) is 0 Å². The highest BCUT2D eigenvalue weighted by molar-refractivity contribution is 6.32. The van der Waals surface area contributed by atoms with Crippen molar-refractivity contribution in [3.8, 4) is 0 Å². The van der Waals surface area contributed by atoms with Gasteiger partial charge in [-0.15, -0.1) is 0 Å². The Bertz CT molecular complexity index is 574. The molecule has 0 unspecified atom stereocenters. The summed E-state index contributed by atoms with van der Waals surface area (Å²) in [7, 11) is 0.750. The van der Waals surface area contributed by atoms with E-state index in [0.29, 0.717) is 15.4 Å². The van der Waals surface area contributed by atoms with Gasteiger partial charge in [-0.25, -0.2) is 0 Å². The van der Waals surface area contributed by atoms with Crippen molar-refractivity contribution in [2.75, 3.05) is 0 Å². The molecule has 2 radical (unpaired) electrons. The summed E-state index contributed by atoms with van der Waals surface area (Å²) >= 11 is 0. The van der Waals surface area contributed by atoms with Gasteiger partial charge in [0.2, 0.25) is 0 Å². The molecular weight excluding hydrogens is 228 g/mol. The van der Waals surface area contributed by atoms with Crippen molar-refractivity contribution in [1.82, 2.24) is 4.98 Å². The number of fused-ring (bicyclic) bond motifs is 3. The van der Waals surface area contributed by atoms with Gasteiger partial charge in [-0.3, -0.25) is 0 Å². The van der Waals surface area contributed by atoms with Crippen molar-refractivity contribution in [3.05, 3.63) is 48.5 Å². The number of aromatic amines is 1. The second-order valence-electron chi connectivity index (χ2n) is 3.56. The van der Waals surface area contributed by atoms with E-state index in [9.17, 15) is 0 Å². The van der Waals surface area contributed by atoms with E-state index in [-0.39, 0.29) is 0 Å². The van der Waals surface area contributed by atoms with Crippen molar-refractivity contribution < 1.29 is 14.6 Å². The second-order valence-corrected chi connectivity index (χ2v) is 3.56. The highest BCUT2D eigenvalue weighted by atomic mass is 16.5. The topological polar surface area (TPSA) is 65.5 Å². The van der Waals surface area contributed by atoms with Crippen LogP contribution in [0.2, 0.25) is 0 Å². The normalized spacial score (nSPS) is 9.89. The molecule has 3 rings (SSSR count). The van der Waals surface area contributed by atoms with Gasteiger partial charge in [0.25, 0.3) is 0 Å².